The Morgan fingerprint density at radius 2 is 1.57 bits per heavy atom. The summed E-state index contributed by atoms with van der Waals surface area (Å²) in [5.41, 5.74) is 1.31. The zero-order valence-corrected chi connectivity index (χ0v) is 10.7. The summed E-state index contributed by atoms with van der Waals surface area (Å²) in [5, 5.41) is 28.9. The third kappa shape index (κ3) is 1.50. The number of nitrogens with zero attached hydrogens (tertiary/aromatic N) is 3. The van der Waals surface area contributed by atoms with Crippen LogP contribution in [0.5, 0.6) is 11.8 Å². The van der Waals surface area contributed by atoms with Gasteiger partial charge in [-0.05, 0) is 30.3 Å². The minimum Gasteiger partial charge on any atom is -0.494 e. The summed E-state index contributed by atoms with van der Waals surface area (Å²) in [6.07, 6.45) is 0. The number of carbonyl (C=O) groups excluding carboxylic acids is 1. The van der Waals surface area contributed by atoms with Crippen molar-refractivity contribution in [1.82, 2.24) is 4.57 Å². The first kappa shape index (κ1) is 11.7. The molecule has 6 heteroatoms. The van der Waals surface area contributed by atoms with Crippen LogP contribution in [0.2, 0.25) is 0 Å². The molecule has 0 atom stereocenters. The molecule has 2 aromatic carbocycles. The second-order valence-corrected chi connectivity index (χ2v) is 4.73. The van der Waals surface area contributed by atoms with Gasteiger partial charge >= 0.3 is 0 Å². The predicted octanol–water partition coefficient (Wildman–Crippen LogP) is 3.28. The van der Waals surface area contributed by atoms with Crippen LogP contribution < -0.4 is 0 Å². The number of fused-ring (bicyclic) bond motifs is 2. The lowest BCUT2D eigenvalue weighted by atomic mass is 10.1. The SMILES string of the molecule is O=C1N=Nc2ccc(-n3c(O)c4ccccc4c3O)cc21. The van der Waals surface area contributed by atoms with Crippen LogP contribution in [-0.2, 0) is 0 Å². The maximum absolute atomic E-state index is 11.6. The number of hydrogen-bond acceptors (Lipinski definition) is 4. The van der Waals surface area contributed by atoms with Gasteiger partial charge in [-0.3, -0.25) is 9.36 Å². The highest BCUT2D eigenvalue weighted by atomic mass is 16.3. The maximum Gasteiger partial charge on any atom is 0.297 e. The monoisotopic (exact) mass is 279 g/mol. The molecule has 0 unspecified atom stereocenters. The minimum absolute atomic E-state index is 0.0811. The molecule has 21 heavy (non-hydrogen) atoms. The lowest BCUT2D eigenvalue weighted by molar-refractivity contribution is 0.100. The molecule has 1 aliphatic heterocycles. The normalized spacial score (nSPS) is 13.0. The van der Waals surface area contributed by atoms with Crippen LogP contribution in [0.25, 0.3) is 16.5 Å². The van der Waals surface area contributed by atoms with Gasteiger partial charge in [-0.25, -0.2) is 0 Å². The smallest absolute Gasteiger partial charge is 0.297 e. The third-order valence-corrected chi connectivity index (χ3v) is 3.55. The number of benzene rings is 2. The summed E-state index contributed by atoms with van der Waals surface area (Å²) in [6.45, 7) is 0. The van der Waals surface area contributed by atoms with Crippen LogP contribution in [0.15, 0.2) is 52.7 Å². The summed E-state index contributed by atoms with van der Waals surface area (Å²) in [6, 6.07) is 11.8. The topological polar surface area (TPSA) is 87.2 Å². The van der Waals surface area contributed by atoms with E-state index in [1.54, 1.807) is 42.5 Å². The van der Waals surface area contributed by atoms with Gasteiger partial charge in [0.25, 0.3) is 5.91 Å². The molecule has 0 saturated carbocycles. The first-order valence-electron chi connectivity index (χ1n) is 6.28. The van der Waals surface area contributed by atoms with E-state index in [1.165, 1.54) is 4.57 Å². The lowest BCUT2D eigenvalue weighted by Gasteiger charge is -2.07. The molecule has 2 N–H and O–H groups in total. The quantitative estimate of drug-likeness (QED) is 0.716. The molecule has 1 amide bonds. The van der Waals surface area contributed by atoms with Crippen LogP contribution in [0.3, 0.4) is 0 Å². The standard InChI is InChI=1S/C15H9N3O3/c19-13-11-7-8(5-6-12(11)16-17-13)18-14(20)9-3-1-2-4-10(9)15(18)21/h1-7,20-21H. The Labute approximate surface area is 118 Å². The molecule has 0 saturated heterocycles. The number of azo groups is 1. The van der Waals surface area contributed by atoms with E-state index < -0.39 is 5.91 Å². The number of carbonyl (C=O) groups is 1. The highest BCUT2D eigenvalue weighted by molar-refractivity contribution is 6.02. The van der Waals surface area contributed by atoms with Crippen molar-refractivity contribution in [3.63, 3.8) is 0 Å². The van der Waals surface area contributed by atoms with E-state index in [2.05, 4.69) is 10.2 Å². The zero-order chi connectivity index (χ0) is 14.6. The number of hydrogen-bond donors (Lipinski definition) is 2. The molecule has 2 heterocycles. The second-order valence-electron chi connectivity index (χ2n) is 4.73. The van der Waals surface area contributed by atoms with E-state index in [4.69, 9.17) is 0 Å². The highest BCUT2D eigenvalue weighted by Gasteiger charge is 2.21. The fourth-order valence-corrected chi connectivity index (χ4v) is 2.53. The molecule has 1 aromatic heterocycles. The van der Waals surface area contributed by atoms with Gasteiger partial charge in [-0.15, -0.1) is 10.2 Å². The van der Waals surface area contributed by atoms with Crippen LogP contribution in [0.1, 0.15) is 10.4 Å². The second kappa shape index (κ2) is 3.92. The van der Waals surface area contributed by atoms with E-state index in [9.17, 15) is 15.0 Å². The molecular weight excluding hydrogens is 270 g/mol. The molecule has 6 nitrogen and oxygen atoms in total. The van der Waals surface area contributed by atoms with Crippen LogP contribution >= 0.6 is 0 Å². The van der Waals surface area contributed by atoms with Crippen molar-refractivity contribution in [2.75, 3.05) is 0 Å². The molecule has 0 radical (unpaired) electrons. The predicted molar refractivity (Wildman–Crippen MR) is 75.5 cm³/mol. The molecule has 1 aliphatic rings. The van der Waals surface area contributed by atoms with E-state index in [1.807, 2.05) is 0 Å². The highest BCUT2D eigenvalue weighted by Crippen LogP contribution is 2.39. The Balaban J connectivity index is 2.00. The number of aromatic hydroxyl groups is 2. The molecule has 3 aromatic rings. The van der Waals surface area contributed by atoms with E-state index in [0.29, 0.717) is 27.7 Å². The Hall–Kier alpha value is -3.15. The van der Waals surface area contributed by atoms with Crippen molar-refractivity contribution in [2.24, 2.45) is 10.2 Å². The van der Waals surface area contributed by atoms with Crippen molar-refractivity contribution >= 4 is 22.4 Å². The van der Waals surface area contributed by atoms with Gasteiger partial charge in [0.15, 0.2) is 0 Å². The first-order valence-corrected chi connectivity index (χ1v) is 6.28. The van der Waals surface area contributed by atoms with E-state index in [0.717, 1.165) is 0 Å². The number of aromatic nitrogens is 1. The summed E-state index contributed by atoms with van der Waals surface area (Å²) in [7, 11) is 0. The third-order valence-electron chi connectivity index (χ3n) is 3.55. The molecule has 0 spiro atoms. The largest absolute Gasteiger partial charge is 0.494 e. The Morgan fingerprint density at radius 1 is 0.905 bits per heavy atom. The number of rotatable bonds is 1. The van der Waals surface area contributed by atoms with Crippen LogP contribution in [-0.4, -0.2) is 20.7 Å². The van der Waals surface area contributed by atoms with Gasteiger partial charge in [-0.1, -0.05) is 12.1 Å². The average molecular weight is 279 g/mol. The zero-order valence-electron chi connectivity index (χ0n) is 10.7. The van der Waals surface area contributed by atoms with Gasteiger partial charge in [0.1, 0.15) is 0 Å². The molecular formula is C15H9N3O3. The fourth-order valence-electron chi connectivity index (χ4n) is 2.53. The van der Waals surface area contributed by atoms with Gasteiger partial charge in [0, 0.05) is 10.8 Å². The fraction of sp³-hybridized carbons (Fsp3) is 0. The van der Waals surface area contributed by atoms with Crippen LogP contribution in [0.4, 0.5) is 5.69 Å². The van der Waals surface area contributed by atoms with Crippen molar-refractivity contribution in [3.8, 4) is 17.4 Å². The summed E-state index contributed by atoms with van der Waals surface area (Å²) < 4.78 is 1.29. The average Bonchev–Trinajstić information content (AvgIpc) is 2.99. The van der Waals surface area contributed by atoms with E-state index >= 15 is 0 Å². The Kier molecular flexibility index (Phi) is 2.18. The molecule has 102 valence electrons. The van der Waals surface area contributed by atoms with Gasteiger partial charge < -0.3 is 10.2 Å². The molecule has 4 rings (SSSR count). The molecule has 0 bridgehead atoms. The van der Waals surface area contributed by atoms with E-state index in [-0.39, 0.29) is 11.8 Å². The lowest BCUT2D eigenvalue weighted by Crippen LogP contribution is -1.96. The van der Waals surface area contributed by atoms with Crippen molar-refractivity contribution in [3.05, 3.63) is 48.0 Å². The van der Waals surface area contributed by atoms with Crippen molar-refractivity contribution in [2.45, 2.75) is 0 Å². The van der Waals surface area contributed by atoms with Crippen LogP contribution in [0, 0.1) is 0 Å². The van der Waals surface area contributed by atoms with Gasteiger partial charge in [-0.2, -0.15) is 0 Å². The Morgan fingerprint density at radius 3 is 2.24 bits per heavy atom. The van der Waals surface area contributed by atoms with Crippen molar-refractivity contribution in [1.29, 1.82) is 0 Å². The Bertz CT molecular complexity index is 902. The van der Waals surface area contributed by atoms with Gasteiger partial charge in [0.2, 0.25) is 11.8 Å². The molecule has 0 fully saturated rings. The summed E-state index contributed by atoms with van der Waals surface area (Å²) in [4.78, 5) is 11.6. The minimum atomic E-state index is -0.428. The molecule has 0 aliphatic carbocycles. The van der Waals surface area contributed by atoms with Crippen molar-refractivity contribution < 1.29 is 15.0 Å². The first-order chi connectivity index (χ1) is 10.2. The van der Waals surface area contributed by atoms with Gasteiger partial charge in [0.05, 0.1) is 16.9 Å². The number of amides is 1. The summed E-state index contributed by atoms with van der Waals surface area (Å²) in [5.74, 6) is -0.590. The maximum atomic E-state index is 11.6. The summed E-state index contributed by atoms with van der Waals surface area (Å²) >= 11 is 0.